The molecule has 0 bridgehead atoms. The van der Waals surface area contributed by atoms with Crippen molar-refractivity contribution < 1.29 is 9.90 Å². The first kappa shape index (κ1) is 13.7. The van der Waals surface area contributed by atoms with Crippen molar-refractivity contribution in [1.29, 1.82) is 0 Å². The average molecular weight is 222 g/mol. The fourth-order valence-electron chi connectivity index (χ4n) is 2.13. The van der Waals surface area contributed by atoms with E-state index in [-0.39, 0.29) is 18.4 Å². The lowest BCUT2D eigenvalue weighted by Gasteiger charge is -2.37. The highest BCUT2D eigenvalue weighted by Gasteiger charge is 2.29. The first-order chi connectivity index (χ1) is 6.16. The number of rotatable bonds is 3. The Balaban J connectivity index is 0.00000169. The normalized spacial score (nSPS) is 25.1. The number of halogens is 1. The van der Waals surface area contributed by atoms with E-state index in [1.807, 2.05) is 6.92 Å². The molecule has 1 aliphatic heterocycles. The van der Waals surface area contributed by atoms with Crippen LogP contribution in [0, 0.1) is 0 Å². The smallest absolute Gasteiger partial charge is 0.320 e. The fraction of sp³-hybridized carbons (Fsp3) is 0.900. The minimum Gasteiger partial charge on any atom is -0.480 e. The van der Waals surface area contributed by atoms with Crippen molar-refractivity contribution in [3.63, 3.8) is 0 Å². The molecule has 1 saturated heterocycles. The van der Waals surface area contributed by atoms with Crippen molar-refractivity contribution in [3.8, 4) is 0 Å². The summed E-state index contributed by atoms with van der Waals surface area (Å²) in [5, 5.41) is 9.00. The van der Waals surface area contributed by atoms with Crippen LogP contribution >= 0.6 is 12.4 Å². The van der Waals surface area contributed by atoms with Gasteiger partial charge in [-0.05, 0) is 32.7 Å². The predicted molar refractivity (Wildman–Crippen MR) is 59.0 cm³/mol. The molecule has 3 nitrogen and oxygen atoms in total. The molecule has 1 rings (SSSR count). The monoisotopic (exact) mass is 221 g/mol. The summed E-state index contributed by atoms with van der Waals surface area (Å²) in [5.74, 6) is -0.670. The second-order valence-electron chi connectivity index (χ2n) is 3.84. The fourth-order valence-corrected chi connectivity index (χ4v) is 2.13. The standard InChI is InChI=1S/C10H19NO2.ClH/c1-3-9(10(12)13)11-7-5-4-6-8(11)2;/h8-9H,3-7H2,1-2H3,(H,12,13);1H. The molecule has 0 aromatic rings. The maximum atomic E-state index is 10.9. The van der Waals surface area contributed by atoms with E-state index in [1.165, 1.54) is 6.42 Å². The molecule has 0 aromatic carbocycles. The van der Waals surface area contributed by atoms with Crippen molar-refractivity contribution in [2.75, 3.05) is 6.54 Å². The number of hydrogen-bond donors (Lipinski definition) is 1. The van der Waals surface area contributed by atoms with Gasteiger partial charge in [0.05, 0.1) is 0 Å². The topological polar surface area (TPSA) is 40.5 Å². The highest BCUT2D eigenvalue weighted by molar-refractivity contribution is 5.85. The maximum Gasteiger partial charge on any atom is 0.320 e. The lowest BCUT2D eigenvalue weighted by Crippen LogP contribution is -2.48. The summed E-state index contributed by atoms with van der Waals surface area (Å²) in [6.07, 6.45) is 4.24. The number of carboxylic acids is 1. The molecule has 84 valence electrons. The highest BCUT2D eigenvalue weighted by Crippen LogP contribution is 2.20. The van der Waals surface area contributed by atoms with Gasteiger partial charge in [-0.15, -0.1) is 12.4 Å². The van der Waals surface area contributed by atoms with E-state index in [0.29, 0.717) is 12.5 Å². The van der Waals surface area contributed by atoms with Crippen LogP contribution < -0.4 is 0 Å². The summed E-state index contributed by atoms with van der Waals surface area (Å²) in [6.45, 7) is 5.02. The van der Waals surface area contributed by atoms with E-state index in [0.717, 1.165) is 19.4 Å². The third-order valence-corrected chi connectivity index (χ3v) is 2.93. The summed E-state index contributed by atoms with van der Waals surface area (Å²) >= 11 is 0. The highest BCUT2D eigenvalue weighted by atomic mass is 35.5. The lowest BCUT2D eigenvalue weighted by molar-refractivity contribution is -0.145. The number of piperidine rings is 1. The van der Waals surface area contributed by atoms with E-state index >= 15 is 0 Å². The van der Waals surface area contributed by atoms with E-state index in [9.17, 15) is 4.79 Å². The van der Waals surface area contributed by atoms with Gasteiger partial charge in [0, 0.05) is 6.04 Å². The van der Waals surface area contributed by atoms with Gasteiger partial charge in [0.1, 0.15) is 6.04 Å². The molecule has 14 heavy (non-hydrogen) atoms. The summed E-state index contributed by atoms with van der Waals surface area (Å²) in [5.41, 5.74) is 0. The summed E-state index contributed by atoms with van der Waals surface area (Å²) in [4.78, 5) is 13.1. The Hall–Kier alpha value is -0.280. The van der Waals surface area contributed by atoms with Gasteiger partial charge in [-0.25, -0.2) is 0 Å². The van der Waals surface area contributed by atoms with Crippen LogP contribution in [0.5, 0.6) is 0 Å². The van der Waals surface area contributed by atoms with Gasteiger partial charge in [0.25, 0.3) is 0 Å². The summed E-state index contributed by atoms with van der Waals surface area (Å²) in [7, 11) is 0. The van der Waals surface area contributed by atoms with E-state index in [4.69, 9.17) is 5.11 Å². The lowest BCUT2D eigenvalue weighted by atomic mass is 10.0. The molecule has 2 atom stereocenters. The molecule has 1 fully saturated rings. The van der Waals surface area contributed by atoms with Gasteiger partial charge in [0.2, 0.25) is 0 Å². The predicted octanol–water partition coefficient (Wildman–Crippen LogP) is 2.15. The van der Waals surface area contributed by atoms with Crippen LogP contribution in [-0.2, 0) is 4.79 Å². The molecule has 0 radical (unpaired) electrons. The van der Waals surface area contributed by atoms with Gasteiger partial charge >= 0.3 is 5.97 Å². The maximum absolute atomic E-state index is 10.9. The zero-order valence-electron chi connectivity index (χ0n) is 8.90. The van der Waals surface area contributed by atoms with E-state index < -0.39 is 5.97 Å². The van der Waals surface area contributed by atoms with Gasteiger partial charge in [-0.1, -0.05) is 13.3 Å². The van der Waals surface area contributed by atoms with Crippen LogP contribution in [0.4, 0.5) is 0 Å². The number of likely N-dealkylation sites (tertiary alicyclic amines) is 1. The molecule has 0 saturated carbocycles. The molecular weight excluding hydrogens is 202 g/mol. The van der Waals surface area contributed by atoms with Gasteiger partial charge in [0.15, 0.2) is 0 Å². The van der Waals surface area contributed by atoms with Crippen LogP contribution in [0.2, 0.25) is 0 Å². The molecule has 4 heteroatoms. The van der Waals surface area contributed by atoms with Gasteiger partial charge in [-0.3, -0.25) is 9.69 Å². The van der Waals surface area contributed by atoms with Gasteiger partial charge in [-0.2, -0.15) is 0 Å². The van der Waals surface area contributed by atoms with Crippen molar-refractivity contribution in [1.82, 2.24) is 4.90 Å². The van der Waals surface area contributed by atoms with Crippen LogP contribution in [0.3, 0.4) is 0 Å². The second-order valence-corrected chi connectivity index (χ2v) is 3.84. The van der Waals surface area contributed by atoms with E-state index in [2.05, 4.69) is 11.8 Å². The molecule has 0 aromatic heterocycles. The largest absolute Gasteiger partial charge is 0.480 e. The Labute approximate surface area is 91.9 Å². The first-order valence-electron chi connectivity index (χ1n) is 5.15. The Morgan fingerprint density at radius 1 is 1.57 bits per heavy atom. The number of hydrogen-bond acceptors (Lipinski definition) is 2. The number of nitrogens with zero attached hydrogens (tertiary/aromatic N) is 1. The number of carboxylic acid groups (broad SMARTS) is 1. The molecular formula is C10H20ClNO2. The summed E-state index contributed by atoms with van der Waals surface area (Å²) in [6, 6.07) is 0.171. The third kappa shape index (κ3) is 3.14. The van der Waals surface area contributed by atoms with Crippen LogP contribution in [-0.4, -0.2) is 34.6 Å². The van der Waals surface area contributed by atoms with Crippen molar-refractivity contribution in [2.24, 2.45) is 0 Å². The second kappa shape index (κ2) is 6.25. The van der Waals surface area contributed by atoms with E-state index in [1.54, 1.807) is 0 Å². The molecule has 1 heterocycles. The summed E-state index contributed by atoms with van der Waals surface area (Å²) < 4.78 is 0. The molecule has 0 spiro atoms. The quantitative estimate of drug-likeness (QED) is 0.794. The van der Waals surface area contributed by atoms with Crippen molar-refractivity contribution in [2.45, 2.75) is 51.6 Å². The molecule has 1 aliphatic rings. The SMILES string of the molecule is CCC(C(=O)O)N1CCCCC1C.Cl. The van der Waals surface area contributed by atoms with Crippen LogP contribution in [0.25, 0.3) is 0 Å². The Morgan fingerprint density at radius 3 is 2.64 bits per heavy atom. The molecule has 1 N–H and O–H groups in total. The Kier molecular flexibility index (Phi) is 6.12. The van der Waals surface area contributed by atoms with Crippen molar-refractivity contribution >= 4 is 18.4 Å². The Bertz CT molecular complexity index is 187. The Morgan fingerprint density at radius 2 is 2.21 bits per heavy atom. The first-order valence-corrected chi connectivity index (χ1v) is 5.15. The molecule has 0 amide bonds. The van der Waals surface area contributed by atoms with Crippen LogP contribution in [0.15, 0.2) is 0 Å². The van der Waals surface area contributed by atoms with Crippen molar-refractivity contribution in [3.05, 3.63) is 0 Å². The third-order valence-electron chi connectivity index (χ3n) is 2.93. The number of aliphatic carboxylic acids is 1. The zero-order chi connectivity index (χ0) is 9.84. The minimum atomic E-state index is -0.670. The molecule has 0 aliphatic carbocycles. The number of carbonyl (C=O) groups is 1. The zero-order valence-corrected chi connectivity index (χ0v) is 9.72. The van der Waals surface area contributed by atoms with Gasteiger partial charge < -0.3 is 5.11 Å². The van der Waals surface area contributed by atoms with Crippen LogP contribution in [0.1, 0.15) is 39.5 Å². The minimum absolute atomic E-state index is 0. The average Bonchev–Trinajstić information content (AvgIpc) is 2.09. The molecule has 2 unspecified atom stereocenters.